The van der Waals surface area contributed by atoms with Crippen LogP contribution < -0.4 is 11.1 Å². The van der Waals surface area contributed by atoms with Crippen molar-refractivity contribution in [2.75, 3.05) is 0 Å². The summed E-state index contributed by atoms with van der Waals surface area (Å²) in [5, 5.41) is 2.77. The Balaban J connectivity index is 1.61. The lowest BCUT2D eigenvalue weighted by molar-refractivity contribution is -0.120. The van der Waals surface area contributed by atoms with Gasteiger partial charge in [-0.25, -0.2) is 9.18 Å². The van der Waals surface area contributed by atoms with Crippen LogP contribution in [-0.4, -0.2) is 10.9 Å². The van der Waals surface area contributed by atoms with Crippen LogP contribution >= 0.6 is 0 Å². The summed E-state index contributed by atoms with van der Waals surface area (Å²) < 4.78 is 17.8. The molecule has 0 aliphatic carbocycles. The minimum atomic E-state index is -0.507. The van der Waals surface area contributed by atoms with Gasteiger partial charge in [-0.1, -0.05) is 18.2 Å². The van der Waals surface area contributed by atoms with E-state index in [9.17, 15) is 14.0 Å². The van der Waals surface area contributed by atoms with Crippen LogP contribution in [0.3, 0.4) is 0 Å². The van der Waals surface area contributed by atoms with Crippen molar-refractivity contribution in [2.45, 2.75) is 13.0 Å². The topological polar surface area (TPSA) is 75.1 Å². The van der Waals surface area contributed by atoms with E-state index in [4.69, 9.17) is 4.42 Å². The summed E-state index contributed by atoms with van der Waals surface area (Å²) in [7, 11) is 0. The Morgan fingerprint density at radius 1 is 1.14 bits per heavy atom. The second-order valence-electron chi connectivity index (χ2n) is 4.93. The molecule has 0 saturated carbocycles. The van der Waals surface area contributed by atoms with Gasteiger partial charge in [0.05, 0.1) is 11.9 Å². The third-order valence-corrected chi connectivity index (χ3v) is 3.25. The van der Waals surface area contributed by atoms with Gasteiger partial charge < -0.3 is 9.73 Å². The Kier molecular flexibility index (Phi) is 3.74. The Bertz CT molecular complexity index is 865. The molecular weight excluding hydrogens is 287 g/mol. The third-order valence-electron chi connectivity index (χ3n) is 3.25. The molecule has 5 nitrogen and oxygen atoms in total. The molecule has 0 bridgehead atoms. The lowest BCUT2D eigenvalue weighted by atomic mass is 10.1. The lowest BCUT2D eigenvalue weighted by Crippen LogP contribution is -2.24. The molecule has 0 saturated heterocycles. The lowest BCUT2D eigenvalue weighted by Gasteiger charge is -2.05. The molecule has 0 fully saturated rings. The Hall–Kier alpha value is -2.89. The van der Waals surface area contributed by atoms with Gasteiger partial charge in [0.1, 0.15) is 5.82 Å². The molecule has 2 N–H and O–H groups in total. The van der Waals surface area contributed by atoms with E-state index in [1.165, 1.54) is 12.1 Å². The molecule has 22 heavy (non-hydrogen) atoms. The summed E-state index contributed by atoms with van der Waals surface area (Å²) in [5.41, 5.74) is 2.63. The highest BCUT2D eigenvalue weighted by molar-refractivity contribution is 5.79. The fourth-order valence-electron chi connectivity index (χ4n) is 2.15. The number of carbonyl (C=O) groups excluding carboxylic acids is 1. The maximum absolute atomic E-state index is 12.8. The molecule has 0 atom stereocenters. The second kappa shape index (κ2) is 5.85. The second-order valence-corrected chi connectivity index (χ2v) is 4.93. The number of hydrogen-bond donors (Lipinski definition) is 2. The molecule has 0 unspecified atom stereocenters. The Morgan fingerprint density at radius 2 is 1.86 bits per heavy atom. The van der Waals surface area contributed by atoms with Gasteiger partial charge in [-0.05, 0) is 35.4 Å². The van der Waals surface area contributed by atoms with Crippen molar-refractivity contribution in [3.05, 3.63) is 70.0 Å². The first-order valence-electron chi connectivity index (χ1n) is 6.73. The zero-order chi connectivity index (χ0) is 15.5. The summed E-state index contributed by atoms with van der Waals surface area (Å²) in [6.45, 7) is 0.324. The smallest absolute Gasteiger partial charge is 0.408 e. The Morgan fingerprint density at radius 3 is 2.64 bits per heavy atom. The van der Waals surface area contributed by atoms with E-state index in [1.807, 2.05) is 0 Å². The van der Waals surface area contributed by atoms with Crippen molar-refractivity contribution in [3.63, 3.8) is 0 Å². The first-order chi connectivity index (χ1) is 10.6. The zero-order valence-corrected chi connectivity index (χ0v) is 11.6. The summed E-state index contributed by atoms with van der Waals surface area (Å²) in [6.07, 6.45) is 0.182. The molecule has 0 aliphatic heterocycles. The fraction of sp³-hybridized carbons (Fsp3) is 0.125. The minimum absolute atomic E-state index is 0.165. The number of hydrogen-bond acceptors (Lipinski definition) is 3. The molecule has 0 radical (unpaired) electrons. The van der Waals surface area contributed by atoms with Crippen LogP contribution in [0.15, 0.2) is 51.7 Å². The normalized spacial score (nSPS) is 10.8. The molecule has 6 heteroatoms. The molecule has 1 heterocycles. The number of rotatable bonds is 4. The van der Waals surface area contributed by atoms with E-state index < -0.39 is 5.76 Å². The average molecular weight is 300 g/mol. The van der Waals surface area contributed by atoms with Crippen LogP contribution in [0.25, 0.3) is 11.1 Å². The van der Waals surface area contributed by atoms with Crippen LogP contribution in [0.5, 0.6) is 0 Å². The molecule has 1 amide bonds. The first kappa shape index (κ1) is 14.1. The maximum Gasteiger partial charge on any atom is 0.417 e. The predicted molar refractivity (Wildman–Crippen MR) is 78.8 cm³/mol. The molecule has 0 spiro atoms. The monoisotopic (exact) mass is 300 g/mol. The maximum atomic E-state index is 12.8. The van der Waals surface area contributed by atoms with E-state index >= 15 is 0 Å². The molecule has 3 aromatic rings. The number of nitrogens with one attached hydrogen (secondary N) is 2. The van der Waals surface area contributed by atoms with Crippen molar-refractivity contribution < 1.29 is 13.6 Å². The van der Waals surface area contributed by atoms with E-state index in [2.05, 4.69) is 10.3 Å². The largest absolute Gasteiger partial charge is 0.417 e. The highest BCUT2D eigenvalue weighted by atomic mass is 19.1. The van der Waals surface area contributed by atoms with E-state index in [0.29, 0.717) is 17.6 Å². The zero-order valence-electron chi connectivity index (χ0n) is 11.6. The van der Waals surface area contributed by atoms with E-state index in [1.54, 1.807) is 30.3 Å². The van der Waals surface area contributed by atoms with Crippen molar-refractivity contribution in [2.24, 2.45) is 0 Å². The highest BCUT2D eigenvalue weighted by Gasteiger charge is 2.06. The van der Waals surface area contributed by atoms with Crippen molar-refractivity contribution in [3.8, 4) is 0 Å². The number of carbonyl (C=O) groups is 1. The number of H-pyrrole nitrogens is 1. The van der Waals surface area contributed by atoms with Crippen molar-refractivity contribution in [1.29, 1.82) is 0 Å². The van der Waals surface area contributed by atoms with Gasteiger partial charge in [0, 0.05) is 6.54 Å². The van der Waals surface area contributed by atoms with E-state index in [-0.39, 0.29) is 18.1 Å². The average Bonchev–Trinajstić information content (AvgIpc) is 2.87. The van der Waals surface area contributed by atoms with Crippen LogP contribution in [-0.2, 0) is 17.8 Å². The molecule has 1 aromatic heterocycles. The summed E-state index contributed by atoms with van der Waals surface area (Å²) in [4.78, 5) is 25.5. The third kappa shape index (κ3) is 3.22. The van der Waals surface area contributed by atoms with Crippen molar-refractivity contribution in [1.82, 2.24) is 10.3 Å². The summed E-state index contributed by atoms with van der Waals surface area (Å²) in [6, 6.07) is 11.0. The summed E-state index contributed by atoms with van der Waals surface area (Å²) in [5.74, 6) is -1.000. The summed E-state index contributed by atoms with van der Waals surface area (Å²) >= 11 is 0. The minimum Gasteiger partial charge on any atom is -0.408 e. The first-order valence-corrected chi connectivity index (χ1v) is 6.73. The van der Waals surface area contributed by atoms with Gasteiger partial charge in [0.25, 0.3) is 0 Å². The molecule has 112 valence electrons. The molecular formula is C16H13FN2O3. The number of oxazole rings is 1. The number of benzene rings is 2. The number of aromatic nitrogens is 1. The molecule has 0 aliphatic rings. The number of halogens is 1. The predicted octanol–water partition coefficient (Wildman–Crippen LogP) is 2.12. The number of fused-ring (bicyclic) bond motifs is 1. The standard InChI is InChI=1S/C16H13FN2O3/c17-12-4-1-10(2-5-12)8-15(20)18-9-11-3-6-13-14(7-11)22-16(21)19-13/h1-7H,8-9H2,(H,18,20)(H,19,21). The SMILES string of the molecule is O=C(Cc1ccc(F)cc1)NCc1ccc2[nH]c(=O)oc2c1. The van der Waals surface area contributed by atoms with Gasteiger partial charge in [0.2, 0.25) is 5.91 Å². The number of amides is 1. The van der Waals surface area contributed by atoms with Gasteiger partial charge in [-0.2, -0.15) is 0 Å². The van der Waals surface area contributed by atoms with Crippen LogP contribution in [0.2, 0.25) is 0 Å². The van der Waals surface area contributed by atoms with Gasteiger partial charge in [-0.3, -0.25) is 9.78 Å². The van der Waals surface area contributed by atoms with Crippen molar-refractivity contribution >= 4 is 17.0 Å². The van der Waals surface area contributed by atoms with Gasteiger partial charge >= 0.3 is 5.76 Å². The molecule has 3 rings (SSSR count). The highest BCUT2D eigenvalue weighted by Crippen LogP contribution is 2.12. The molecule has 2 aromatic carbocycles. The fourth-order valence-corrected chi connectivity index (χ4v) is 2.15. The van der Waals surface area contributed by atoms with Gasteiger partial charge in [0.15, 0.2) is 5.58 Å². The van der Waals surface area contributed by atoms with Crippen LogP contribution in [0.1, 0.15) is 11.1 Å². The van der Waals surface area contributed by atoms with Gasteiger partial charge in [-0.15, -0.1) is 0 Å². The Labute approximate surface area is 124 Å². The van der Waals surface area contributed by atoms with Crippen LogP contribution in [0.4, 0.5) is 4.39 Å². The van der Waals surface area contributed by atoms with Crippen LogP contribution in [0, 0.1) is 5.82 Å². The number of aromatic amines is 1. The quantitative estimate of drug-likeness (QED) is 0.775. The van der Waals surface area contributed by atoms with E-state index in [0.717, 1.165) is 11.1 Å².